The molecule has 4 nitrogen and oxygen atoms in total. The van der Waals surface area contributed by atoms with E-state index in [1.807, 2.05) is 30.3 Å². The van der Waals surface area contributed by atoms with Gasteiger partial charge in [0.15, 0.2) is 0 Å². The van der Waals surface area contributed by atoms with E-state index in [-0.39, 0.29) is 45.1 Å². The third-order valence-corrected chi connectivity index (χ3v) is 8.21. The summed E-state index contributed by atoms with van der Waals surface area (Å²) in [5.74, 6) is 0.0102. The summed E-state index contributed by atoms with van der Waals surface area (Å²) < 4.78 is 0. The largest absolute Gasteiger partial charge is 0.289 e. The molecule has 2 bridgehead atoms. The molecule has 0 unspecified atom stereocenters. The van der Waals surface area contributed by atoms with Crippen molar-refractivity contribution in [2.24, 2.45) is 23.7 Å². The topological polar surface area (TPSA) is 49.4 Å². The summed E-state index contributed by atoms with van der Waals surface area (Å²) in [6.07, 6.45) is 0.956. The number of imide groups is 1. The molecule has 1 aromatic carbocycles. The monoisotopic (exact) mass is 412 g/mol. The third-order valence-electron chi connectivity index (χ3n) is 5.00. The number of amides is 2. The Bertz CT molecular complexity index is 577. The number of hydrazine groups is 1. The van der Waals surface area contributed by atoms with Crippen molar-refractivity contribution in [2.45, 2.75) is 16.1 Å². The van der Waals surface area contributed by atoms with Gasteiger partial charge in [-0.3, -0.25) is 15.0 Å². The summed E-state index contributed by atoms with van der Waals surface area (Å²) in [4.78, 5) is 25.9. The highest BCUT2D eigenvalue weighted by Gasteiger charge is 2.66. The molecule has 110 valence electrons. The first-order chi connectivity index (χ1) is 10.1. The van der Waals surface area contributed by atoms with Crippen molar-refractivity contribution < 1.29 is 9.59 Å². The molecule has 1 N–H and O–H groups in total. The zero-order valence-corrected chi connectivity index (χ0v) is 14.2. The van der Waals surface area contributed by atoms with Crippen LogP contribution >= 0.6 is 31.9 Å². The van der Waals surface area contributed by atoms with Gasteiger partial charge in [0.1, 0.15) is 0 Å². The fraction of sp³-hybridized carbons (Fsp3) is 0.467. The van der Waals surface area contributed by atoms with Crippen LogP contribution in [0.4, 0.5) is 5.69 Å². The van der Waals surface area contributed by atoms with E-state index in [1.54, 1.807) is 0 Å². The molecule has 0 aromatic heterocycles. The molecule has 0 radical (unpaired) electrons. The van der Waals surface area contributed by atoms with Crippen molar-refractivity contribution in [3.8, 4) is 0 Å². The van der Waals surface area contributed by atoms with Crippen LogP contribution in [0.3, 0.4) is 0 Å². The highest BCUT2D eigenvalue weighted by molar-refractivity contribution is 9.12. The first-order valence-electron chi connectivity index (χ1n) is 7.07. The molecule has 1 aliphatic heterocycles. The number of benzene rings is 1. The minimum absolute atomic E-state index is 0.0785. The lowest BCUT2D eigenvalue weighted by Crippen LogP contribution is -2.38. The fourth-order valence-electron chi connectivity index (χ4n) is 4.10. The maximum absolute atomic E-state index is 12.7. The van der Waals surface area contributed by atoms with Gasteiger partial charge in [0.2, 0.25) is 0 Å². The number of anilines is 1. The zero-order valence-electron chi connectivity index (χ0n) is 11.1. The summed E-state index contributed by atoms with van der Waals surface area (Å²) in [6.45, 7) is 0. The average molecular weight is 414 g/mol. The van der Waals surface area contributed by atoms with E-state index in [0.29, 0.717) is 0 Å². The molecule has 3 aliphatic rings. The van der Waals surface area contributed by atoms with Crippen molar-refractivity contribution in [3.63, 3.8) is 0 Å². The van der Waals surface area contributed by atoms with E-state index >= 15 is 0 Å². The number of hydrogen-bond acceptors (Lipinski definition) is 3. The van der Waals surface area contributed by atoms with Crippen LogP contribution in [0, 0.1) is 23.7 Å². The number of nitrogens with zero attached hydrogens (tertiary/aromatic N) is 1. The molecule has 21 heavy (non-hydrogen) atoms. The smallest absolute Gasteiger partial charge is 0.252 e. The number of carbonyl (C=O) groups is 2. The lowest BCUT2D eigenvalue weighted by atomic mass is 9.81. The van der Waals surface area contributed by atoms with Gasteiger partial charge in [-0.25, -0.2) is 0 Å². The van der Waals surface area contributed by atoms with Gasteiger partial charge in [0.25, 0.3) is 11.8 Å². The molecule has 3 fully saturated rings. The Morgan fingerprint density at radius 3 is 2.00 bits per heavy atom. The van der Waals surface area contributed by atoms with Crippen molar-refractivity contribution in [1.29, 1.82) is 0 Å². The summed E-state index contributed by atoms with van der Waals surface area (Å²) in [5, 5.41) is 1.23. The van der Waals surface area contributed by atoms with Gasteiger partial charge in [0, 0.05) is 9.65 Å². The molecule has 2 amide bonds. The molecule has 2 saturated carbocycles. The number of fused-ring (bicyclic) bond motifs is 5. The molecule has 1 heterocycles. The minimum atomic E-state index is -0.170. The highest BCUT2D eigenvalue weighted by Crippen LogP contribution is 2.60. The normalized spacial score (nSPS) is 40.8. The number of carbonyl (C=O) groups excluding carboxylic acids is 2. The SMILES string of the molecule is O=C1[C@@H]2[C@H]3C[C@@H]([C@H](Br)[C@H]3Br)[C@@H]2C(=O)N1Nc1ccccc1. The summed E-state index contributed by atoms with van der Waals surface area (Å²) in [6, 6.07) is 9.36. The lowest BCUT2D eigenvalue weighted by Gasteiger charge is -2.28. The molecular weight excluding hydrogens is 400 g/mol. The molecule has 0 spiro atoms. The number of alkyl halides is 2. The Kier molecular flexibility index (Phi) is 3.15. The van der Waals surface area contributed by atoms with E-state index in [9.17, 15) is 9.59 Å². The second-order valence-corrected chi connectivity index (χ2v) is 8.11. The number of rotatable bonds is 2. The molecule has 1 saturated heterocycles. The predicted octanol–water partition coefficient (Wildman–Crippen LogP) is 2.79. The lowest BCUT2D eigenvalue weighted by molar-refractivity contribution is -0.139. The van der Waals surface area contributed by atoms with Crippen LogP contribution < -0.4 is 5.43 Å². The fourth-order valence-corrected chi connectivity index (χ4v) is 5.97. The summed E-state index contributed by atoms with van der Waals surface area (Å²) in [7, 11) is 0. The number of para-hydroxylation sites is 1. The van der Waals surface area contributed by atoms with Crippen LogP contribution in [0.15, 0.2) is 30.3 Å². The van der Waals surface area contributed by atoms with Gasteiger partial charge in [-0.05, 0) is 30.4 Å². The zero-order chi connectivity index (χ0) is 14.7. The molecule has 6 atom stereocenters. The van der Waals surface area contributed by atoms with Crippen LogP contribution in [0.1, 0.15) is 6.42 Å². The van der Waals surface area contributed by atoms with Crippen LogP contribution in [-0.4, -0.2) is 26.5 Å². The van der Waals surface area contributed by atoms with Gasteiger partial charge < -0.3 is 0 Å². The highest BCUT2D eigenvalue weighted by atomic mass is 79.9. The Morgan fingerprint density at radius 2 is 1.48 bits per heavy atom. The van der Waals surface area contributed by atoms with E-state index in [1.165, 1.54) is 5.01 Å². The number of hydrogen-bond donors (Lipinski definition) is 1. The standard InChI is InChI=1S/C15H14Br2N2O2/c16-12-8-6-9(13(12)17)11-10(8)14(20)19(15(11)21)18-7-4-2-1-3-5-7/h1-5,8-13,18H,6H2/t8-,9-,10-,11+,12+,13+/m1/s1. The number of halogens is 2. The van der Waals surface area contributed by atoms with Crippen LogP contribution in [0.5, 0.6) is 0 Å². The van der Waals surface area contributed by atoms with Crippen LogP contribution in [0.2, 0.25) is 0 Å². The quantitative estimate of drug-likeness (QED) is 0.599. The van der Waals surface area contributed by atoms with Gasteiger partial charge in [-0.15, -0.1) is 0 Å². The average Bonchev–Trinajstić information content (AvgIpc) is 3.09. The van der Waals surface area contributed by atoms with E-state index in [2.05, 4.69) is 37.3 Å². The molecule has 1 aromatic rings. The van der Waals surface area contributed by atoms with Gasteiger partial charge >= 0.3 is 0 Å². The Morgan fingerprint density at radius 1 is 0.952 bits per heavy atom. The van der Waals surface area contributed by atoms with Crippen molar-refractivity contribution in [3.05, 3.63) is 30.3 Å². The van der Waals surface area contributed by atoms with E-state index in [4.69, 9.17) is 0 Å². The first kappa shape index (κ1) is 13.8. The van der Waals surface area contributed by atoms with Gasteiger partial charge in [0.05, 0.1) is 17.5 Å². The molecule has 2 aliphatic carbocycles. The van der Waals surface area contributed by atoms with E-state index < -0.39 is 0 Å². The van der Waals surface area contributed by atoms with Gasteiger partial charge in [-0.1, -0.05) is 50.1 Å². The number of nitrogens with one attached hydrogen (secondary N) is 1. The Labute approximate surface area is 139 Å². The van der Waals surface area contributed by atoms with Crippen LogP contribution in [0.25, 0.3) is 0 Å². The van der Waals surface area contributed by atoms with Gasteiger partial charge in [-0.2, -0.15) is 5.01 Å². The maximum Gasteiger partial charge on any atom is 0.252 e. The second kappa shape index (κ2) is 4.81. The summed E-state index contributed by atoms with van der Waals surface area (Å²) >= 11 is 7.36. The Balaban J connectivity index is 1.62. The first-order valence-corrected chi connectivity index (χ1v) is 8.90. The summed E-state index contributed by atoms with van der Waals surface area (Å²) in [5.41, 5.74) is 3.73. The third kappa shape index (κ3) is 1.84. The van der Waals surface area contributed by atoms with Crippen molar-refractivity contribution in [1.82, 2.24) is 5.01 Å². The second-order valence-electron chi connectivity index (χ2n) is 5.99. The molecule has 6 heteroatoms. The maximum atomic E-state index is 12.7. The molecule has 4 rings (SSSR count). The predicted molar refractivity (Wildman–Crippen MR) is 85.9 cm³/mol. The van der Waals surface area contributed by atoms with Crippen molar-refractivity contribution >= 4 is 49.4 Å². The van der Waals surface area contributed by atoms with Crippen molar-refractivity contribution in [2.75, 3.05) is 5.43 Å². The molecular formula is C15H14Br2N2O2. The Hall–Kier alpha value is -0.880. The minimum Gasteiger partial charge on any atom is -0.289 e. The van der Waals surface area contributed by atoms with Crippen LogP contribution in [-0.2, 0) is 9.59 Å². The van der Waals surface area contributed by atoms with E-state index in [0.717, 1.165) is 12.1 Å².